The van der Waals surface area contributed by atoms with E-state index >= 15 is 0 Å². The molecule has 8 heteroatoms. The van der Waals surface area contributed by atoms with Gasteiger partial charge in [0, 0.05) is 11.3 Å². The molecule has 1 amide bonds. The third-order valence-corrected chi connectivity index (χ3v) is 3.51. The summed E-state index contributed by atoms with van der Waals surface area (Å²) < 4.78 is 0. The fourth-order valence-electron chi connectivity index (χ4n) is 2.40. The first-order chi connectivity index (χ1) is 12.0. The second-order valence-corrected chi connectivity index (χ2v) is 5.37. The van der Waals surface area contributed by atoms with Crippen LogP contribution in [-0.2, 0) is 18.3 Å². The standard InChI is InChI=1S/C17H15N5O3/c1-22-20-16(19-21-22)12-6-4-7-13(9-12)18-15(23)10-11-5-2-3-8-14(11)17(24)25/h2-9H,10H2,1H3,(H,18,23)(H,24,25). The van der Waals surface area contributed by atoms with Gasteiger partial charge in [-0.05, 0) is 29.0 Å². The number of nitrogens with zero attached hydrogens (tertiary/aromatic N) is 4. The van der Waals surface area contributed by atoms with E-state index < -0.39 is 5.97 Å². The molecule has 8 nitrogen and oxygen atoms in total. The molecule has 1 aromatic heterocycles. The van der Waals surface area contributed by atoms with Gasteiger partial charge in [-0.2, -0.15) is 4.80 Å². The fraction of sp³-hybridized carbons (Fsp3) is 0.118. The van der Waals surface area contributed by atoms with Crippen LogP contribution in [0, 0.1) is 0 Å². The van der Waals surface area contributed by atoms with E-state index in [1.165, 1.54) is 10.9 Å². The van der Waals surface area contributed by atoms with Crippen molar-refractivity contribution in [3.63, 3.8) is 0 Å². The first-order valence-electron chi connectivity index (χ1n) is 7.48. The summed E-state index contributed by atoms with van der Waals surface area (Å²) in [5.74, 6) is -0.910. The maximum Gasteiger partial charge on any atom is 0.335 e. The van der Waals surface area contributed by atoms with Crippen LogP contribution in [0.2, 0.25) is 0 Å². The number of benzene rings is 2. The summed E-state index contributed by atoms with van der Waals surface area (Å²) in [4.78, 5) is 24.8. The number of carbonyl (C=O) groups is 2. The number of hydrogen-bond donors (Lipinski definition) is 2. The number of aromatic carboxylic acids is 1. The molecule has 0 bridgehead atoms. The molecule has 3 aromatic rings. The lowest BCUT2D eigenvalue weighted by molar-refractivity contribution is -0.115. The summed E-state index contributed by atoms with van der Waals surface area (Å²) in [6, 6.07) is 13.5. The smallest absolute Gasteiger partial charge is 0.335 e. The summed E-state index contributed by atoms with van der Waals surface area (Å²) in [7, 11) is 1.67. The molecule has 126 valence electrons. The highest BCUT2D eigenvalue weighted by Gasteiger charge is 2.13. The van der Waals surface area contributed by atoms with Gasteiger partial charge < -0.3 is 10.4 Å². The Labute approximate surface area is 143 Å². The number of hydrogen-bond acceptors (Lipinski definition) is 5. The predicted octanol–water partition coefficient (Wildman–Crippen LogP) is 1.76. The van der Waals surface area contributed by atoms with E-state index in [-0.39, 0.29) is 17.9 Å². The van der Waals surface area contributed by atoms with Gasteiger partial charge in [-0.25, -0.2) is 4.79 Å². The van der Waals surface area contributed by atoms with E-state index in [0.29, 0.717) is 17.1 Å². The summed E-state index contributed by atoms with van der Waals surface area (Å²) >= 11 is 0. The minimum Gasteiger partial charge on any atom is -0.478 e. The number of amides is 1. The second kappa shape index (κ2) is 6.91. The third kappa shape index (κ3) is 3.86. The zero-order valence-electron chi connectivity index (χ0n) is 13.4. The maximum absolute atomic E-state index is 12.3. The monoisotopic (exact) mass is 337 g/mol. The van der Waals surface area contributed by atoms with E-state index in [1.807, 2.05) is 6.07 Å². The van der Waals surface area contributed by atoms with E-state index in [2.05, 4.69) is 20.7 Å². The number of carboxylic acids is 1. The minimum absolute atomic E-state index is 0.0317. The number of carbonyl (C=O) groups excluding carboxylic acids is 1. The number of aromatic nitrogens is 4. The quantitative estimate of drug-likeness (QED) is 0.734. The lowest BCUT2D eigenvalue weighted by Gasteiger charge is -2.08. The average molecular weight is 337 g/mol. The van der Waals surface area contributed by atoms with Crippen LogP contribution in [-0.4, -0.2) is 37.2 Å². The van der Waals surface area contributed by atoms with Crippen LogP contribution in [0.5, 0.6) is 0 Å². The third-order valence-electron chi connectivity index (χ3n) is 3.51. The summed E-state index contributed by atoms with van der Waals surface area (Å²) in [6.07, 6.45) is -0.0317. The van der Waals surface area contributed by atoms with Gasteiger partial charge in [-0.3, -0.25) is 4.79 Å². The van der Waals surface area contributed by atoms with Crippen molar-refractivity contribution in [1.82, 2.24) is 20.2 Å². The number of carboxylic acid groups (broad SMARTS) is 1. The number of anilines is 1. The molecule has 0 unspecified atom stereocenters. The van der Waals surface area contributed by atoms with Crippen molar-refractivity contribution in [2.75, 3.05) is 5.32 Å². The lowest BCUT2D eigenvalue weighted by Crippen LogP contribution is -2.16. The summed E-state index contributed by atoms with van der Waals surface area (Å²) in [5, 5.41) is 23.8. The fourth-order valence-corrected chi connectivity index (χ4v) is 2.40. The second-order valence-electron chi connectivity index (χ2n) is 5.37. The van der Waals surface area contributed by atoms with Gasteiger partial charge in [-0.15, -0.1) is 10.2 Å². The molecule has 2 aromatic carbocycles. The lowest BCUT2D eigenvalue weighted by atomic mass is 10.0. The number of nitrogens with one attached hydrogen (secondary N) is 1. The molecular weight excluding hydrogens is 322 g/mol. The van der Waals surface area contributed by atoms with Crippen LogP contribution in [0.1, 0.15) is 15.9 Å². The van der Waals surface area contributed by atoms with Crippen molar-refractivity contribution in [3.05, 3.63) is 59.7 Å². The summed E-state index contributed by atoms with van der Waals surface area (Å²) in [6.45, 7) is 0. The maximum atomic E-state index is 12.3. The van der Waals surface area contributed by atoms with Gasteiger partial charge >= 0.3 is 5.97 Å². The number of aryl methyl sites for hydroxylation is 1. The van der Waals surface area contributed by atoms with Gasteiger partial charge in [0.25, 0.3) is 0 Å². The molecule has 0 atom stereocenters. The largest absolute Gasteiger partial charge is 0.478 e. The Morgan fingerprint density at radius 3 is 2.68 bits per heavy atom. The van der Waals surface area contributed by atoms with Crippen LogP contribution in [0.4, 0.5) is 5.69 Å². The topological polar surface area (TPSA) is 110 Å². The molecule has 0 radical (unpaired) electrons. The van der Waals surface area contributed by atoms with E-state index in [1.54, 1.807) is 43.4 Å². The Morgan fingerprint density at radius 1 is 1.16 bits per heavy atom. The molecule has 0 aliphatic rings. The van der Waals surface area contributed by atoms with Crippen LogP contribution in [0.15, 0.2) is 48.5 Å². The Hall–Kier alpha value is -3.55. The summed E-state index contributed by atoms with van der Waals surface area (Å²) in [5.41, 5.74) is 1.87. The molecule has 0 aliphatic heterocycles. The molecule has 0 aliphatic carbocycles. The van der Waals surface area contributed by atoms with Gasteiger partial charge in [0.05, 0.1) is 19.0 Å². The van der Waals surface area contributed by atoms with Crippen molar-refractivity contribution in [1.29, 1.82) is 0 Å². The Kier molecular flexibility index (Phi) is 4.51. The Morgan fingerprint density at radius 2 is 1.96 bits per heavy atom. The van der Waals surface area contributed by atoms with E-state index in [4.69, 9.17) is 0 Å². The molecular formula is C17H15N5O3. The number of tetrazole rings is 1. The SMILES string of the molecule is Cn1nnc(-c2cccc(NC(=O)Cc3ccccc3C(=O)O)c2)n1. The van der Waals surface area contributed by atoms with Crippen LogP contribution < -0.4 is 5.32 Å². The zero-order valence-corrected chi connectivity index (χ0v) is 13.4. The van der Waals surface area contributed by atoms with Crippen LogP contribution in [0.3, 0.4) is 0 Å². The predicted molar refractivity (Wildman–Crippen MR) is 90.0 cm³/mol. The molecule has 25 heavy (non-hydrogen) atoms. The first-order valence-corrected chi connectivity index (χ1v) is 7.48. The average Bonchev–Trinajstić information content (AvgIpc) is 3.02. The van der Waals surface area contributed by atoms with Crippen molar-refractivity contribution in [3.8, 4) is 11.4 Å². The minimum atomic E-state index is -1.06. The molecule has 2 N–H and O–H groups in total. The Bertz CT molecular complexity index is 935. The van der Waals surface area contributed by atoms with E-state index in [9.17, 15) is 14.7 Å². The highest BCUT2D eigenvalue weighted by Crippen LogP contribution is 2.19. The molecule has 1 heterocycles. The van der Waals surface area contributed by atoms with Gasteiger partial charge in [-0.1, -0.05) is 30.3 Å². The van der Waals surface area contributed by atoms with Crippen LogP contribution >= 0.6 is 0 Å². The molecule has 0 saturated carbocycles. The Balaban J connectivity index is 1.75. The van der Waals surface area contributed by atoms with Gasteiger partial charge in [0.15, 0.2) is 0 Å². The molecule has 0 fully saturated rings. The van der Waals surface area contributed by atoms with Crippen LogP contribution in [0.25, 0.3) is 11.4 Å². The highest BCUT2D eigenvalue weighted by molar-refractivity contribution is 5.96. The van der Waals surface area contributed by atoms with E-state index in [0.717, 1.165) is 5.56 Å². The first kappa shape index (κ1) is 16.3. The molecule has 3 rings (SSSR count). The van der Waals surface area contributed by atoms with Crippen molar-refractivity contribution < 1.29 is 14.7 Å². The highest BCUT2D eigenvalue weighted by atomic mass is 16.4. The van der Waals surface area contributed by atoms with Gasteiger partial charge in [0.2, 0.25) is 11.7 Å². The normalized spacial score (nSPS) is 10.4. The van der Waals surface area contributed by atoms with Crippen molar-refractivity contribution in [2.24, 2.45) is 7.05 Å². The molecule has 0 spiro atoms. The van der Waals surface area contributed by atoms with Gasteiger partial charge in [0.1, 0.15) is 0 Å². The number of rotatable bonds is 5. The molecule has 0 saturated heterocycles. The van der Waals surface area contributed by atoms with Crippen molar-refractivity contribution >= 4 is 17.6 Å². The zero-order chi connectivity index (χ0) is 17.8. The van der Waals surface area contributed by atoms with Crippen molar-refractivity contribution in [2.45, 2.75) is 6.42 Å².